The first-order valence-corrected chi connectivity index (χ1v) is 9.10. The minimum atomic E-state index is -2.87. The Balaban J connectivity index is 1.85. The molecule has 1 aromatic heterocycles. The second kappa shape index (κ2) is 6.92. The zero-order valence-electron chi connectivity index (χ0n) is 13.8. The number of rotatable bonds is 4. The van der Waals surface area contributed by atoms with Crippen LogP contribution in [0, 0.1) is 0 Å². The minimum Gasteiger partial charge on any atom is -0.433 e. The molecular formula is C19H17F2N3OS. The van der Waals surface area contributed by atoms with Gasteiger partial charge in [0.25, 0.3) is 0 Å². The van der Waals surface area contributed by atoms with Crippen LogP contribution >= 0.6 is 11.3 Å². The van der Waals surface area contributed by atoms with Gasteiger partial charge in [0.15, 0.2) is 0 Å². The largest absolute Gasteiger partial charge is 0.433 e. The molecule has 0 bridgehead atoms. The van der Waals surface area contributed by atoms with E-state index in [0.29, 0.717) is 17.9 Å². The van der Waals surface area contributed by atoms with Crippen molar-refractivity contribution in [3.05, 3.63) is 70.2 Å². The van der Waals surface area contributed by atoms with Crippen molar-refractivity contribution >= 4 is 22.7 Å². The molecule has 1 aliphatic heterocycles. The van der Waals surface area contributed by atoms with Crippen LogP contribution in [-0.4, -0.2) is 18.1 Å². The van der Waals surface area contributed by atoms with Crippen molar-refractivity contribution in [1.82, 2.24) is 4.98 Å². The molecule has 1 unspecified atom stereocenters. The second-order valence-electron chi connectivity index (χ2n) is 5.98. The number of aromatic nitrogens is 1. The van der Waals surface area contributed by atoms with Gasteiger partial charge in [-0.1, -0.05) is 30.3 Å². The SMILES string of the molecule is Nc1ccccc1C1c2scnc2CCN1c1ccccc1OC(F)F. The van der Waals surface area contributed by atoms with Crippen LogP contribution < -0.4 is 15.4 Å². The van der Waals surface area contributed by atoms with E-state index in [1.165, 1.54) is 0 Å². The lowest BCUT2D eigenvalue weighted by Gasteiger charge is -2.38. The van der Waals surface area contributed by atoms with Crippen LogP contribution in [0.3, 0.4) is 0 Å². The van der Waals surface area contributed by atoms with E-state index in [9.17, 15) is 8.78 Å². The smallest absolute Gasteiger partial charge is 0.387 e. The van der Waals surface area contributed by atoms with Gasteiger partial charge in [-0.3, -0.25) is 0 Å². The summed E-state index contributed by atoms with van der Waals surface area (Å²) in [6, 6.07) is 14.3. The van der Waals surface area contributed by atoms with Gasteiger partial charge in [-0.2, -0.15) is 8.78 Å². The molecule has 0 saturated heterocycles. The van der Waals surface area contributed by atoms with E-state index < -0.39 is 6.61 Å². The summed E-state index contributed by atoms with van der Waals surface area (Å²) in [4.78, 5) is 7.62. The van der Waals surface area contributed by atoms with Gasteiger partial charge in [-0.15, -0.1) is 11.3 Å². The summed E-state index contributed by atoms with van der Waals surface area (Å²) in [6.07, 6.45) is 0.741. The predicted octanol–water partition coefficient (Wildman–Crippen LogP) is 4.48. The monoisotopic (exact) mass is 373 g/mol. The summed E-state index contributed by atoms with van der Waals surface area (Å²) >= 11 is 1.56. The molecule has 4 nitrogen and oxygen atoms in total. The number of nitrogens with two attached hydrogens (primary N) is 1. The number of fused-ring (bicyclic) bond motifs is 1. The van der Waals surface area contributed by atoms with Crippen molar-refractivity contribution < 1.29 is 13.5 Å². The second-order valence-corrected chi connectivity index (χ2v) is 6.87. The Bertz CT molecular complexity index is 915. The Hall–Kier alpha value is -2.67. The topological polar surface area (TPSA) is 51.4 Å². The first-order chi connectivity index (χ1) is 12.6. The van der Waals surface area contributed by atoms with Crippen LogP contribution in [0.2, 0.25) is 0 Å². The van der Waals surface area contributed by atoms with Crippen LogP contribution in [0.25, 0.3) is 0 Å². The molecule has 0 saturated carbocycles. The van der Waals surface area contributed by atoms with Gasteiger partial charge in [-0.25, -0.2) is 4.98 Å². The van der Waals surface area contributed by atoms with Crippen molar-refractivity contribution in [2.45, 2.75) is 19.1 Å². The molecule has 2 aromatic carbocycles. The molecule has 2 heterocycles. The molecule has 134 valence electrons. The van der Waals surface area contributed by atoms with E-state index in [4.69, 9.17) is 10.5 Å². The molecule has 1 atom stereocenters. The number of ether oxygens (including phenoxy) is 1. The van der Waals surface area contributed by atoms with Crippen LogP contribution in [0.5, 0.6) is 5.75 Å². The number of hydrogen-bond donors (Lipinski definition) is 1. The summed E-state index contributed by atoms with van der Waals surface area (Å²) in [5, 5.41) is 0. The normalized spacial score (nSPS) is 16.6. The van der Waals surface area contributed by atoms with Crippen molar-refractivity contribution in [2.24, 2.45) is 0 Å². The fourth-order valence-corrected chi connectivity index (χ4v) is 4.37. The van der Waals surface area contributed by atoms with Gasteiger partial charge in [-0.05, 0) is 18.2 Å². The molecule has 0 amide bonds. The van der Waals surface area contributed by atoms with Gasteiger partial charge < -0.3 is 15.4 Å². The number of hydrogen-bond acceptors (Lipinski definition) is 5. The number of thiazole rings is 1. The summed E-state index contributed by atoms with van der Waals surface area (Å²) in [7, 11) is 0. The average molecular weight is 373 g/mol. The van der Waals surface area contributed by atoms with Crippen LogP contribution in [0.15, 0.2) is 54.0 Å². The van der Waals surface area contributed by atoms with Gasteiger partial charge in [0.1, 0.15) is 5.75 Å². The number of benzene rings is 2. The molecule has 26 heavy (non-hydrogen) atoms. The van der Waals surface area contributed by atoms with Crippen molar-refractivity contribution in [2.75, 3.05) is 17.2 Å². The standard InChI is InChI=1S/C19H17F2N3OS/c20-19(21)25-16-8-4-3-7-15(16)24-10-9-14-18(26-11-23-14)17(24)12-5-1-2-6-13(12)22/h1-8,11,17,19H,9-10,22H2. The Morgan fingerprint density at radius 1 is 1.15 bits per heavy atom. The zero-order chi connectivity index (χ0) is 18.1. The van der Waals surface area contributed by atoms with Gasteiger partial charge in [0, 0.05) is 24.2 Å². The maximum Gasteiger partial charge on any atom is 0.387 e. The summed E-state index contributed by atoms with van der Waals surface area (Å²) in [5.41, 5.74) is 11.3. The molecule has 0 spiro atoms. The lowest BCUT2D eigenvalue weighted by atomic mass is 9.95. The van der Waals surface area contributed by atoms with Gasteiger partial charge in [0.2, 0.25) is 0 Å². The van der Waals surface area contributed by atoms with E-state index >= 15 is 0 Å². The third kappa shape index (κ3) is 2.99. The minimum absolute atomic E-state index is 0.162. The zero-order valence-corrected chi connectivity index (χ0v) is 14.6. The summed E-state index contributed by atoms with van der Waals surface area (Å²) in [6.45, 7) is -2.24. The number of para-hydroxylation sites is 3. The Morgan fingerprint density at radius 2 is 1.92 bits per heavy atom. The number of nitrogen functional groups attached to an aromatic ring is 1. The molecule has 0 aliphatic carbocycles. The third-order valence-electron chi connectivity index (χ3n) is 4.50. The highest BCUT2D eigenvalue weighted by atomic mass is 32.1. The lowest BCUT2D eigenvalue weighted by molar-refractivity contribution is -0.0495. The van der Waals surface area contributed by atoms with E-state index in [-0.39, 0.29) is 11.8 Å². The summed E-state index contributed by atoms with van der Waals surface area (Å²) in [5.74, 6) is 0.162. The number of nitrogens with zero attached hydrogens (tertiary/aromatic N) is 2. The van der Waals surface area contributed by atoms with Gasteiger partial charge in [0.05, 0.1) is 27.8 Å². The quantitative estimate of drug-likeness (QED) is 0.685. The van der Waals surface area contributed by atoms with Crippen molar-refractivity contribution in [1.29, 1.82) is 0 Å². The van der Waals surface area contributed by atoms with E-state index in [2.05, 4.69) is 9.88 Å². The van der Waals surface area contributed by atoms with Crippen molar-refractivity contribution in [3.8, 4) is 5.75 Å². The maximum absolute atomic E-state index is 12.9. The van der Waals surface area contributed by atoms with E-state index in [1.54, 1.807) is 29.5 Å². The number of halogens is 2. The number of anilines is 2. The first-order valence-electron chi connectivity index (χ1n) is 8.22. The molecule has 4 rings (SSSR count). The molecule has 2 N–H and O–H groups in total. The lowest BCUT2D eigenvalue weighted by Crippen LogP contribution is -2.36. The summed E-state index contributed by atoms with van der Waals surface area (Å²) < 4.78 is 30.5. The fourth-order valence-electron chi connectivity index (χ4n) is 3.40. The van der Waals surface area contributed by atoms with Crippen molar-refractivity contribution in [3.63, 3.8) is 0 Å². The highest BCUT2D eigenvalue weighted by molar-refractivity contribution is 7.09. The van der Waals surface area contributed by atoms with Gasteiger partial charge >= 0.3 is 6.61 Å². The maximum atomic E-state index is 12.9. The molecule has 0 radical (unpaired) electrons. The Labute approximate surface area is 153 Å². The average Bonchev–Trinajstić information content (AvgIpc) is 3.10. The fraction of sp³-hybridized carbons (Fsp3) is 0.211. The molecular weight excluding hydrogens is 356 g/mol. The van der Waals surface area contributed by atoms with Crippen LogP contribution in [-0.2, 0) is 6.42 Å². The van der Waals surface area contributed by atoms with Crippen LogP contribution in [0.1, 0.15) is 22.2 Å². The predicted molar refractivity (Wildman–Crippen MR) is 98.9 cm³/mol. The number of alkyl halides is 2. The van der Waals surface area contributed by atoms with Crippen LogP contribution in [0.4, 0.5) is 20.2 Å². The first kappa shape index (κ1) is 16.8. The molecule has 0 fully saturated rings. The molecule has 1 aliphatic rings. The van der Waals surface area contributed by atoms with E-state index in [0.717, 1.165) is 22.6 Å². The molecule has 3 aromatic rings. The Kier molecular flexibility index (Phi) is 4.46. The highest BCUT2D eigenvalue weighted by Crippen LogP contribution is 2.44. The Morgan fingerprint density at radius 3 is 2.73 bits per heavy atom. The van der Waals surface area contributed by atoms with E-state index in [1.807, 2.05) is 35.8 Å². The molecule has 7 heteroatoms. The highest BCUT2D eigenvalue weighted by Gasteiger charge is 2.33. The third-order valence-corrected chi connectivity index (χ3v) is 5.43.